The quantitative estimate of drug-likeness (QED) is 0.0380. The van der Waals surface area contributed by atoms with Crippen molar-refractivity contribution in [3.05, 3.63) is 169 Å². The summed E-state index contributed by atoms with van der Waals surface area (Å²) in [6.07, 6.45) is 2.82. The van der Waals surface area contributed by atoms with Gasteiger partial charge < -0.3 is 30.7 Å². The fourth-order valence-corrected chi connectivity index (χ4v) is 12.9. The first-order valence-electron chi connectivity index (χ1n) is 30.4. The lowest BCUT2D eigenvalue weighted by Crippen LogP contribution is -2.42. The van der Waals surface area contributed by atoms with E-state index in [1.165, 1.54) is 36.4 Å². The normalized spacial score (nSPS) is 15.2. The standard InChI is InChI=1S/C69H70Cl10N8O8/c1-13-66(5,6)36-23-25-44(42(29-36)68(9,10)15-3)94-32-46(88)80-38-21-17-19-34(27-38)62(90)82-60-40(64(92)86(84-60)58-54(76)50(72)48(70)51(73)55(58)77)31-41-61(85-87(65(41)93)59-56(78)52(74)49(71)53(75)57(59)79)83-63(91)35-20-18-22-39(28-35)81-47(89)33-95-45-26-24-37(67(7,8)14-2)30-43(45)69(11,12)16-4/h17-30,40-41H,13-16,31-33H2,1-12H3,(H,80,88)(H,81,89)(H,82,84,90)(H,83,85,91). The summed E-state index contributed by atoms with van der Waals surface area (Å²) in [5, 5.41) is 18.3. The van der Waals surface area contributed by atoms with Crippen molar-refractivity contribution in [1.29, 1.82) is 0 Å². The van der Waals surface area contributed by atoms with Gasteiger partial charge in [0.05, 0.1) is 50.2 Å². The molecular formula is C69H70Cl10N8O8. The van der Waals surface area contributed by atoms with E-state index in [-0.39, 0.29) is 131 Å². The zero-order valence-corrected chi connectivity index (χ0v) is 61.6. The molecule has 6 aromatic carbocycles. The van der Waals surface area contributed by atoms with Gasteiger partial charge in [-0.25, -0.2) is 0 Å². The van der Waals surface area contributed by atoms with Crippen LogP contribution in [0.15, 0.2) is 95.1 Å². The highest BCUT2D eigenvalue weighted by atomic mass is 35.5. The van der Waals surface area contributed by atoms with Crippen LogP contribution in [0.1, 0.15) is 158 Å². The number of amides is 6. The second kappa shape index (κ2) is 30.0. The topological polar surface area (TPSA) is 200 Å². The van der Waals surface area contributed by atoms with Gasteiger partial charge >= 0.3 is 0 Å². The molecule has 0 saturated heterocycles. The van der Waals surface area contributed by atoms with Gasteiger partial charge in [-0.3, -0.25) is 28.8 Å². The summed E-state index contributed by atoms with van der Waals surface area (Å²) in [4.78, 5) is 86.6. The minimum atomic E-state index is -1.63. The number of hydrogen-bond donors (Lipinski definition) is 4. The molecule has 0 aromatic heterocycles. The molecule has 0 radical (unpaired) electrons. The maximum absolute atomic E-state index is 15.1. The van der Waals surface area contributed by atoms with Crippen molar-refractivity contribution in [2.45, 2.75) is 137 Å². The highest BCUT2D eigenvalue weighted by Gasteiger charge is 2.48. The molecule has 2 unspecified atom stereocenters. The lowest BCUT2D eigenvalue weighted by molar-refractivity contribution is -0.122. The largest absolute Gasteiger partial charge is 0.483 e. The second-order valence-corrected chi connectivity index (χ2v) is 29.3. The van der Waals surface area contributed by atoms with E-state index in [1.54, 1.807) is 12.1 Å². The van der Waals surface area contributed by atoms with Gasteiger partial charge in [-0.15, -0.1) is 0 Å². The number of ether oxygens (including phenoxy) is 2. The monoisotopic (exact) mass is 1490 g/mol. The molecule has 0 spiro atoms. The first kappa shape index (κ1) is 74.8. The van der Waals surface area contributed by atoms with Gasteiger partial charge in [0, 0.05) is 33.6 Å². The molecule has 2 atom stereocenters. The third kappa shape index (κ3) is 15.9. The molecule has 6 amide bonds. The van der Waals surface area contributed by atoms with E-state index < -0.39 is 53.7 Å². The molecule has 2 aliphatic rings. The zero-order chi connectivity index (χ0) is 70.1. The van der Waals surface area contributed by atoms with E-state index in [9.17, 15) is 19.2 Å². The SMILES string of the molecule is CCC(C)(C)c1ccc(OCC(=O)Nc2cccc(C(=O)NC3=NN(c4c(Cl)c(Cl)c(Cl)c(Cl)c4Cl)C(=O)C3CC3C(=O)N(c4c(Cl)c(Cl)c(Cl)c(Cl)c4Cl)N=C3NC(=O)c3cccc(NC(=O)COc4ccc(C(C)(C)CC)cc4C(C)(C)CC)c3)c2)c(C(C)(C)CC)c1. The Bertz CT molecular complexity index is 3840. The van der Waals surface area contributed by atoms with Crippen molar-refractivity contribution < 1.29 is 38.2 Å². The number of amidine groups is 2. The highest BCUT2D eigenvalue weighted by Crippen LogP contribution is 2.52. The lowest BCUT2D eigenvalue weighted by atomic mass is 9.76. The van der Waals surface area contributed by atoms with Crippen LogP contribution in [-0.4, -0.2) is 60.3 Å². The highest BCUT2D eigenvalue weighted by molar-refractivity contribution is 6.58. The summed E-state index contributed by atoms with van der Waals surface area (Å²) in [5.74, 6) is -7.54. The van der Waals surface area contributed by atoms with Gasteiger partial charge in [0.2, 0.25) is 0 Å². The number of hydrogen-bond acceptors (Lipinski definition) is 10. The van der Waals surface area contributed by atoms with Crippen molar-refractivity contribution in [1.82, 2.24) is 10.6 Å². The van der Waals surface area contributed by atoms with E-state index in [1.807, 2.05) is 24.3 Å². The third-order valence-corrected chi connectivity index (χ3v) is 22.4. The van der Waals surface area contributed by atoms with Crippen LogP contribution in [0.5, 0.6) is 11.5 Å². The van der Waals surface area contributed by atoms with Crippen LogP contribution in [0.25, 0.3) is 0 Å². The van der Waals surface area contributed by atoms with Gasteiger partial charge in [0.15, 0.2) is 13.2 Å². The summed E-state index contributed by atoms with van der Waals surface area (Å²) in [5.41, 5.74) is 3.15. The minimum Gasteiger partial charge on any atom is -0.483 e. The van der Waals surface area contributed by atoms with E-state index in [2.05, 4.69) is 127 Å². The molecule has 0 aliphatic carbocycles. The Morgan fingerprint density at radius 2 is 0.747 bits per heavy atom. The summed E-state index contributed by atoms with van der Waals surface area (Å²) in [7, 11) is 0. The summed E-state index contributed by atoms with van der Waals surface area (Å²) in [6, 6.07) is 23.9. The van der Waals surface area contributed by atoms with Gasteiger partial charge in [-0.2, -0.15) is 20.2 Å². The van der Waals surface area contributed by atoms with Crippen LogP contribution in [0.2, 0.25) is 50.2 Å². The number of nitrogens with zero attached hydrogens (tertiary/aromatic N) is 4. The molecule has 16 nitrogen and oxygen atoms in total. The van der Waals surface area contributed by atoms with Crippen molar-refractivity contribution >= 4 is 186 Å². The third-order valence-electron chi connectivity index (χ3n) is 17.9. The molecule has 2 heterocycles. The van der Waals surface area contributed by atoms with Gasteiger partial charge in [0.1, 0.15) is 46.4 Å². The molecular weight excluding hydrogens is 1420 g/mol. The zero-order valence-electron chi connectivity index (χ0n) is 54.0. The maximum atomic E-state index is 15.1. The number of nitrogens with one attached hydrogen (secondary N) is 4. The average molecular weight is 1490 g/mol. The van der Waals surface area contributed by atoms with Crippen molar-refractivity contribution in [2.24, 2.45) is 22.0 Å². The number of halogens is 10. The number of rotatable bonds is 22. The fourth-order valence-electron chi connectivity index (χ4n) is 10.3. The molecule has 26 heteroatoms. The molecule has 95 heavy (non-hydrogen) atoms. The summed E-state index contributed by atoms with van der Waals surface area (Å²) < 4.78 is 12.3. The predicted molar refractivity (Wildman–Crippen MR) is 387 cm³/mol. The first-order valence-corrected chi connectivity index (χ1v) is 34.2. The van der Waals surface area contributed by atoms with E-state index in [4.69, 9.17) is 125 Å². The Hall–Kier alpha value is -6.02. The summed E-state index contributed by atoms with van der Waals surface area (Å²) in [6.45, 7) is 24.9. The van der Waals surface area contributed by atoms with Crippen LogP contribution >= 0.6 is 116 Å². The Kier molecular flexibility index (Phi) is 23.6. The Morgan fingerprint density at radius 3 is 1.06 bits per heavy atom. The second-order valence-electron chi connectivity index (χ2n) is 25.6. The molecule has 2 aliphatic heterocycles. The predicted octanol–water partition coefficient (Wildman–Crippen LogP) is 19.5. The van der Waals surface area contributed by atoms with Gasteiger partial charge in [0.25, 0.3) is 35.4 Å². The van der Waals surface area contributed by atoms with Crippen LogP contribution < -0.4 is 40.8 Å². The lowest BCUT2D eigenvalue weighted by Gasteiger charge is -2.30. The molecule has 8 rings (SSSR count). The van der Waals surface area contributed by atoms with Gasteiger partial charge in [-0.1, -0.05) is 235 Å². The number of carbonyl (C=O) groups is 6. The smallest absolute Gasteiger partial charge is 0.262 e. The van der Waals surface area contributed by atoms with Crippen LogP contribution in [0, 0.1) is 11.8 Å². The van der Waals surface area contributed by atoms with Gasteiger partial charge in [-0.05, 0) is 113 Å². The van der Waals surface area contributed by atoms with Crippen LogP contribution in [0.4, 0.5) is 22.7 Å². The Labute approximate surface area is 602 Å². The summed E-state index contributed by atoms with van der Waals surface area (Å²) >= 11 is 65.8. The van der Waals surface area contributed by atoms with E-state index in [0.717, 1.165) is 58.0 Å². The Balaban J connectivity index is 1.09. The van der Waals surface area contributed by atoms with Crippen LogP contribution in [0.3, 0.4) is 0 Å². The number of benzene rings is 6. The molecule has 6 aromatic rings. The number of carbonyl (C=O) groups excluding carboxylic acids is 6. The molecule has 0 bridgehead atoms. The Morgan fingerprint density at radius 1 is 0.432 bits per heavy atom. The molecule has 0 fully saturated rings. The van der Waals surface area contributed by atoms with Crippen LogP contribution in [-0.2, 0) is 40.8 Å². The molecule has 4 N–H and O–H groups in total. The first-order chi connectivity index (χ1) is 44.5. The number of hydrazone groups is 2. The van der Waals surface area contributed by atoms with Crippen molar-refractivity contribution in [3.63, 3.8) is 0 Å². The van der Waals surface area contributed by atoms with E-state index >= 15 is 9.59 Å². The maximum Gasteiger partial charge on any atom is 0.262 e. The molecule has 0 saturated carbocycles. The molecule has 504 valence electrons. The number of anilines is 4. The fraction of sp³-hybridized carbons (Fsp3) is 0.362. The van der Waals surface area contributed by atoms with Crippen molar-refractivity contribution in [2.75, 3.05) is 33.9 Å². The van der Waals surface area contributed by atoms with Crippen molar-refractivity contribution in [3.8, 4) is 11.5 Å². The van der Waals surface area contributed by atoms with E-state index in [0.29, 0.717) is 11.5 Å². The average Bonchev–Trinajstić information content (AvgIpc) is 1.66. The minimum absolute atomic E-state index is 0.0263.